The predicted molar refractivity (Wildman–Crippen MR) is 137 cm³/mol. The fraction of sp³-hybridized carbons (Fsp3) is 0.963. The highest BCUT2D eigenvalue weighted by Gasteiger charge is 2.16. The quantitative estimate of drug-likeness (QED) is 0.0986. The average molecular weight is 491 g/mol. The lowest BCUT2D eigenvalue weighted by molar-refractivity contribution is -0.0558. The van der Waals surface area contributed by atoms with Gasteiger partial charge in [-0.2, -0.15) is 0 Å². The molecule has 0 rings (SSSR count). The van der Waals surface area contributed by atoms with Crippen molar-refractivity contribution in [3.05, 3.63) is 0 Å². The van der Waals surface area contributed by atoms with E-state index in [9.17, 15) is 4.79 Å². The molecule has 0 aliphatic carbocycles. The summed E-state index contributed by atoms with van der Waals surface area (Å²) < 4.78 is 33.3. The largest absolute Gasteiger partial charge is 0.508 e. The number of rotatable bonds is 26. The SMILES string of the molecule is CCCCCCCC(COC(=O)OCC(CCCCCCC)OCCOCC)OCCOCC. The summed E-state index contributed by atoms with van der Waals surface area (Å²) in [5.74, 6) is 0. The third-order valence-corrected chi connectivity index (χ3v) is 5.60. The molecule has 0 aromatic rings. The van der Waals surface area contributed by atoms with Crippen molar-refractivity contribution in [2.75, 3.05) is 52.9 Å². The van der Waals surface area contributed by atoms with Gasteiger partial charge in [0.05, 0.1) is 38.6 Å². The molecule has 204 valence electrons. The van der Waals surface area contributed by atoms with Gasteiger partial charge in [0.1, 0.15) is 13.2 Å². The van der Waals surface area contributed by atoms with Crippen LogP contribution in [0.2, 0.25) is 0 Å². The van der Waals surface area contributed by atoms with Crippen LogP contribution in [0.15, 0.2) is 0 Å². The number of hydrogen-bond acceptors (Lipinski definition) is 7. The Bertz CT molecular complexity index is 384. The van der Waals surface area contributed by atoms with Crippen LogP contribution in [-0.2, 0) is 28.4 Å². The molecule has 2 unspecified atom stereocenters. The Balaban J connectivity index is 4.36. The molecule has 0 aliphatic heterocycles. The monoisotopic (exact) mass is 490 g/mol. The predicted octanol–water partition coefficient (Wildman–Crippen LogP) is 6.70. The smallest absolute Gasteiger partial charge is 0.432 e. The zero-order chi connectivity index (χ0) is 25.1. The molecule has 0 fully saturated rings. The molecule has 0 heterocycles. The topological polar surface area (TPSA) is 72.5 Å². The van der Waals surface area contributed by atoms with Crippen LogP contribution >= 0.6 is 0 Å². The zero-order valence-electron chi connectivity index (χ0n) is 22.7. The van der Waals surface area contributed by atoms with Crippen LogP contribution in [0, 0.1) is 0 Å². The van der Waals surface area contributed by atoms with Crippen LogP contribution in [0.1, 0.15) is 105 Å². The van der Waals surface area contributed by atoms with E-state index in [1.165, 1.54) is 51.4 Å². The van der Waals surface area contributed by atoms with Gasteiger partial charge in [-0.3, -0.25) is 0 Å². The summed E-state index contributed by atoms with van der Waals surface area (Å²) in [6.07, 6.45) is 12.7. The van der Waals surface area contributed by atoms with E-state index in [2.05, 4.69) is 13.8 Å². The molecule has 0 aromatic heterocycles. The summed E-state index contributed by atoms with van der Waals surface area (Å²) in [7, 11) is 0. The lowest BCUT2D eigenvalue weighted by Gasteiger charge is -2.20. The van der Waals surface area contributed by atoms with Crippen molar-refractivity contribution in [3.8, 4) is 0 Å². The number of ether oxygens (including phenoxy) is 6. The van der Waals surface area contributed by atoms with Gasteiger partial charge < -0.3 is 28.4 Å². The Morgan fingerprint density at radius 3 is 1.35 bits per heavy atom. The molecule has 0 bridgehead atoms. The van der Waals surface area contributed by atoms with Gasteiger partial charge in [-0.25, -0.2) is 4.79 Å². The Labute approximate surface area is 209 Å². The molecule has 0 amide bonds. The Morgan fingerprint density at radius 1 is 0.559 bits per heavy atom. The minimum absolute atomic E-state index is 0.133. The van der Waals surface area contributed by atoms with E-state index >= 15 is 0 Å². The first-order chi connectivity index (χ1) is 16.7. The maximum absolute atomic E-state index is 12.2. The van der Waals surface area contributed by atoms with Gasteiger partial charge in [-0.1, -0.05) is 78.1 Å². The molecule has 7 heteroatoms. The van der Waals surface area contributed by atoms with E-state index in [4.69, 9.17) is 28.4 Å². The van der Waals surface area contributed by atoms with Crippen molar-refractivity contribution in [2.24, 2.45) is 0 Å². The third-order valence-electron chi connectivity index (χ3n) is 5.60. The minimum Gasteiger partial charge on any atom is -0.432 e. The first-order valence-corrected chi connectivity index (χ1v) is 13.9. The highest BCUT2D eigenvalue weighted by Crippen LogP contribution is 2.12. The average Bonchev–Trinajstić information content (AvgIpc) is 2.84. The van der Waals surface area contributed by atoms with Gasteiger partial charge in [0.25, 0.3) is 0 Å². The van der Waals surface area contributed by atoms with Crippen molar-refractivity contribution in [2.45, 2.75) is 117 Å². The van der Waals surface area contributed by atoms with E-state index in [1.54, 1.807) is 0 Å². The van der Waals surface area contributed by atoms with E-state index < -0.39 is 6.16 Å². The second-order valence-corrected chi connectivity index (χ2v) is 8.66. The lowest BCUT2D eigenvalue weighted by atomic mass is 10.1. The van der Waals surface area contributed by atoms with Crippen LogP contribution in [0.3, 0.4) is 0 Å². The van der Waals surface area contributed by atoms with Crippen molar-refractivity contribution >= 4 is 6.16 Å². The Hall–Kier alpha value is -0.890. The maximum atomic E-state index is 12.2. The van der Waals surface area contributed by atoms with Gasteiger partial charge in [0.2, 0.25) is 0 Å². The van der Waals surface area contributed by atoms with Crippen LogP contribution in [0.4, 0.5) is 4.79 Å². The first-order valence-electron chi connectivity index (χ1n) is 13.9. The Kier molecular flexibility index (Phi) is 26.0. The van der Waals surface area contributed by atoms with Crippen LogP contribution < -0.4 is 0 Å². The lowest BCUT2D eigenvalue weighted by Crippen LogP contribution is -2.27. The summed E-state index contributed by atoms with van der Waals surface area (Å²) in [5.41, 5.74) is 0. The molecule has 0 N–H and O–H groups in total. The molecule has 34 heavy (non-hydrogen) atoms. The Morgan fingerprint density at radius 2 is 0.971 bits per heavy atom. The van der Waals surface area contributed by atoms with Crippen molar-refractivity contribution in [1.82, 2.24) is 0 Å². The van der Waals surface area contributed by atoms with Crippen molar-refractivity contribution in [3.63, 3.8) is 0 Å². The van der Waals surface area contributed by atoms with Gasteiger partial charge in [0.15, 0.2) is 0 Å². The van der Waals surface area contributed by atoms with E-state index in [0.717, 1.165) is 25.7 Å². The second-order valence-electron chi connectivity index (χ2n) is 8.66. The molecule has 0 saturated heterocycles. The van der Waals surface area contributed by atoms with Crippen molar-refractivity contribution < 1.29 is 33.2 Å². The number of hydrogen-bond donors (Lipinski definition) is 0. The minimum atomic E-state index is -0.659. The third kappa shape index (κ3) is 22.9. The van der Waals surface area contributed by atoms with Gasteiger partial charge >= 0.3 is 6.16 Å². The van der Waals surface area contributed by atoms with E-state index in [1.807, 2.05) is 13.8 Å². The fourth-order valence-electron chi connectivity index (χ4n) is 3.58. The second kappa shape index (κ2) is 26.7. The summed E-state index contributed by atoms with van der Waals surface area (Å²) in [6.45, 7) is 12.2. The zero-order valence-corrected chi connectivity index (χ0v) is 22.7. The van der Waals surface area contributed by atoms with Crippen LogP contribution in [0.5, 0.6) is 0 Å². The fourth-order valence-corrected chi connectivity index (χ4v) is 3.58. The molecular weight excluding hydrogens is 436 g/mol. The molecule has 0 aromatic carbocycles. The van der Waals surface area contributed by atoms with Crippen LogP contribution in [0.25, 0.3) is 0 Å². The molecule has 0 radical (unpaired) electrons. The number of carbonyl (C=O) groups excluding carboxylic acids is 1. The van der Waals surface area contributed by atoms with Crippen molar-refractivity contribution in [1.29, 1.82) is 0 Å². The molecule has 0 aliphatic rings. The number of unbranched alkanes of at least 4 members (excludes halogenated alkanes) is 8. The highest BCUT2D eigenvalue weighted by atomic mass is 16.7. The molecule has 0 spiro atoms. The highest BCUT2D eigenvalue weighted by molar-refractivity contribution is 5.59. The van der Waals surface area contributed by atoms with Crippen LogP contribution in [-0.4, -0.2) is 71.2 Å². The molecule has 7 nitrogen and oxygen atoms in total. The molecule has 2 atom stereocenters. The summed E-state index contributed by atoms with van der Waals surface area (Å²) in [5, 5.41) is 0. The number of carbonyl (C=O) groups is 1. The van der Waals surface area contributed by atoms with Gasteiger partial charge in [-0.05, 0) is 26.7 Å². The van der Waals surface area contributed by atoms with Gasteiger partial charge in [0, 0.05) is 13.2 Å². The first kappa shape index (κ1) is 33.1. The standard InChI is InChI=1S/C27H54O7/c1-5-9-11-13-15-17-25(31-21-19-29-7-3)23-33-27(28)34-24-26(32-22-20-30-8-4)18-16-14-12-10-6-2/h25-26H,5-24H2,1-4H3. The maximum Gasteiger partial charge on any atom is 0.508 e. The van der Waals surface area contributed by atoms with E-state index in [-0.39, 0.29) is 25.4 Å². The molecule has 0 saturated carbocycles. The molecular formula is C27H54O7. The summed E-state index contributed by atoms with van der Waals surface area (Å²) in [6, 6.07) is 0. The summed E-state index contributed by atoms with van der Waals surface area (Å²) in [4.78, 5) is 12.2. The van der Waals surface area contributed by atoms with E-state index in [0.29, 0.717) is 39.6 Å². The van der Waals surface area contributed by atoms with Gasteiger partial charge in [-0.15, -0.1) is 0 Å². The normalized spacial score (nSPS) is 13.1. The summed E-state index contributed by atoms with van der Waals surface area (Å²) >= 11 is 0.